The molecule has 2 aromatic rings. The molecule has 0 aliphatic carbocycles. The van der Waals surface area contributed by atoms with Gasteiger partial charge in [0, 0.05) is 18.2 Å². The Kier molecular flexibility index (Phi) is 2.77. The number of aromatic nitrogens is 1. The van der Waals surface area contributed by atoms with Crippen LogP contribution in [-0.2, 0) is 0 Å². The Morgan fingerprint density at radius 1 is 1.44 bits per heavy atom. The summed E-state index contributed by atoms with van der Waals surface area (Å²) in [6, 6.07) is 5.46. The van der Waals surface area contributed by atoms with Gasteiger partial charge in [0.05, 0.1) is 0 Å². The fourth-order valence-corrected chi connectivity index (χ4v) is 1.63. The maximum Gasteiger partial charge on any atom is 0.198 e. The lowest BCUT2D eigenvalue weighted by atomic mass is 10.1. The van der Waals surface area contributed by atoms with Gasteiger partial charge >= 0.3 is 0 Å². The average molecular weight is 217 g/mol. The molecule has 16 heavy (non-hydrogen) atoms. The normalized spacial score (nSPS) is 11.2. The highest BCUT2D eigenvalue weighted by atomic mass is 16.3. The highest BCUT2D eigenvalue weighted by Crippen LogP contribution is 2.20. The Labute approximate surface area is 94.5 Å². The standard InChI is InChI=1S/C13H15NO2/c1-8(2)6-11(15)13-7-10-12(16-13)5-4-9(3)14-10/h4-5,7-8H,6H2,1-3H3. The number of hydrogen-bond donors (Lipinski definition) is 0. The van der Waals surface area contributed by atoms with E-state index in [4.69, 9.17) is 4.42 Å². The zero-order valence-corrected chi connectivity index (χ0v) is 9.78. The van der Waals surface area contributed by atoms with Gasteiger partial charge in [0.1, 0.15) is 5.52 Å². The molecule has 0 bridgehead atoms. The number of Topliss-reactive ketones (excluding diaryl/α,β-unsaturated/α-hetero) is 1. The summed E-state index contributed by atoms with van der Waals surface area (Å²) in [4.78, 5) is 16.1. The van der Waals surface area contributed by atoms with Crippen LogP contribution in [0.2, 0.25) is 0 Å². The van der Waals surface area contributed by atoms with Crippen molar-refractivity contribution in [3.63, 3.8) is 0 Å². The Hall–Kier alpha value is -1.64. The largest absolute Gasteiger partial charge is 0.451 e. The number of hydrogen-bond acceptors (Lipinski definition) is 3. The minimum Gasteiger partial charge on any atom is -0.451 e. The summed E-state index contributed by atoms with van der Waals surface area (Å²) < 4.78 is 5.47. The summed E-state index contributed by atoms with van der Waals surface area (Å²) >= 11 is 0. The third kappa shape index (κ3) is 2.13. The first-order chi connectivity index (χ1) is 7.56. The van der Waals surface area contributed by atoms with Crippen LogP contribution >= 0.6 is 0 Å². The number of pyridine rings is 1. The van der Waals surface area contributed by atoms with Crippen LogP contribution in [0, 0.1) is 12.8 Å². The van der Waals surface area contributed by atoms with E-state index in [2.05, 4.69) is 4.98 Å². The molecule has 0 spiro atoms. The summed E-state index contributed by atoms with van der Waals surface area (Å²) in [5.74, 6) is 0.808. The van der Waals surface area contributed by atoms with E-state index in [1.165, 1.54) is 0 Å². The minimum atomic E-state index is 0.0469. The van der Waals surface area contributed by atoms with Crippen LogP contribution in [0.1, 0.15) is 36.5 Å². The zero-order chi connectivity index (χ0) is 11.7. The van der Waals surface area contributed by atoms with Crippen LogP contribution in [0.4, 0.5) is 0 Å². The van der Waals surface area contributed by atoms with Gasteiger partial charge in [-0.05, 0) is 25.0 Å². The van der Waals surface area contributed by atoms with Crippen molar-refractivity contribution in [1.29, 1.82) is 0 Å². The van der Waals surface area contributed by atoms with E-state index in [9.17, 15) is 4.79 Å². The molecule has 0 unspecified atom stereocenters. The molecule has 0 aliphatic rings. The van der Waals surface area contributed by atoms with Crippen LogP contribution in [0.25, 0.3) is 11.1 Å². The lowest BCUT2D eigenvalue weighted by Gasteiger charge is -1.99. The molecule has 0 radical (unpaired) electrons. The fourth-order valence-electron chi connectivity index (χ4n) is 1.63. The molecule has 3 heteroatoms. The quantitative estimate of drug-likeness (QED) is 0.740. The molecule has 2 aromatic heterocycles. The zero-order valence-electron chi connectivity index (χ0n) is 9.78. The lowest BCUT2D eigenvalue weighted by molar-refractivity contribution is 0.0943. The Morgan fingerprint density at radius 2 is 2.19 bits per heavy atom. The predicted octanol–water partition coefficient (Wildman–Crippen LogP) is 3.37. The number of carbonyl (C=O) groups excluding carboxylic acids is 1. The molecular weight excluding hydrogens is 202 g/mol. The Morgan fingerprint density at radius 3 is 2.88 bits per heavy atom. The maximum atomic E-state index is 11.8. The first-order valence-corrected chi connectivity index (χ1v) is 5.46. The molecular formula is C13H15NO2. The van der Waals surface area contributed by atoms with Gasteiger partial charge in [-0.15, -0.1) is 0 Å². The van der Waals surface area contributed by atoms with Crippen LogP contribution in [0.5, 0.6) is 0 Å². The summed E-state index contributed by atoms with van der Waals surface area (Å²) in [6.45, 7) is 5.95. The SMILES string of the molecule is Cc1ccc2oc(C(=O)CC(C)C)cc2n1. The first-order valence-electron chi connectivity index (χ1n) is 5.46. The van der Waals surface area contributed by atoms with E-state index >= 15 is 0 Å². The van der Waals surface area contributed by atoms with Crippen LogP contribution < -0.4 is 0 Å². The third-order valence-corrected chi connectivity index (χ3v) is 2.38. The second-order valence-electron chi connectivity index (χ2n) is 4.47. The van der Waals surface area contributed by atoms with E-state index in [1.54, 1.807) is 6.07 Å². The molecule has 0 fully saturated rings. The lowest BCUT2D eigenvalue weighted by Crippen LogP contribution is -2.01. The van der Waals surface area contributed by atoms with Gasteiger partial charge < -0.3 is 4.42 Å². The van der Waals surface area contributed by atoms with Gasteiger partial charge in [-0.3, -0.25) is 4.79 Å². The monoisotopic (exact) mass is 217 g/mol. The predicted molar refractivity (Wildman–Crippen MR) is 62.5 cm³/mol. The highest BCUT2D eigenvalue weighted by Gasteiger charge is 2.14. The van der Waals surface area contributed by atoms with Crippen molar-refractivity contribution < 1.29 is 9.21 Å². The van der Waals surface area contributed by atoms with Crippen molar-refractivity contribution in [2.24, 2.45) is 5.92 Å². The van der Waals surface area contributed by atoms with Crippen molar-refractivity contribution in [2.45, 2.75) is 27.2 Å². The summed E-state index contributed by atoms with van der Waals surface area (Å²) in [5, 5.41) is 0. The maximum absolute atomic E-state index is 11.8. The van der Waals surface area contributed by atoms with Gasteiger partial charge in [0.15, 0.2) is 17.1 Å². The molecule has 2 heterocycles. The van der Waals surface area contributed by atoms with Crippen molar-refractivity contribution >= 4 is 16.9 Å². The Balaban J connectivity index is 2.36. The molecule has 0 atom stereocenters. The van der Waals surface area contributed by atoms with E-state index in [-0.39, 0.29) is 5.78 Å². The number of aryl methyl sites for hydroxylation is 1. The van der Waals surface area contributed by atoms with Crippen molar-refractivity contribution in [2.75, 3.05) is 0 Å². The molecule has 0 N–H and O–H groups in total. The van der Waals surface area contributed by atoms with E-state index in [0.29, 0.717) is 23.7 Å². The van der Waals surface area contributed by atoms with Crippen molar-refractivity contribution in [1.82, 2.24) is 4.98 Å². The van der Waals surface area contributed by atoms with Crippen LogP contribution in [0.3, 0.4) is 0 Å². The Bertz CT molecular complexity index is 526. The number of furan rings is 1. The highest BCUT2D eigenvalue weighted by molar-refractivity contribution is 5.96. The number of rotatable bonds is 3. The van der Waals surface area contributed by atoms with E-state index in [1.807, 2.05) is 32.9 Å². The molecule has 84 valence electrons. The fraction of sp³-hybridized carbons (Fsp3) is 0.385. The van der Waals surface area contributed by atoms with E-state index < -0.39 is 0 Å². The van der Waals surface area contributed by atoms with Gasteiger partial charge in [-0.25, -0.2) is 4.98 Å². The van der Waals surface area contributed by atoms with Crippen LogP contribution in [0.15, 0.2) is 22.6 Å². The molecule has 3 nitrogen and oxygen atoms in total. The average Bonchev–Trinajstić information content (AvgIpc) is 2.59. The van der Waals surface area contributed by atoms with Gasteiger partial charge in [-0.1, -0.05) is 13.8 Å². The minimum absolute atomic E-state index is 0.0469. The second-order valence-corrected chi connectivity index (χ2v) is 4.47. The molecule has 0 saturated heterocycles. The third-order valence-electron chi connectivity index (χ3n) is 2.38. The van der Waals surface area contributed by atoms with E-state index in [0.717, 1.165) is 11.2 Å². The molecule has 0 amide bonds. The number of ketones is 1. The smallest absolute Gasteiger partial charge is 0.198 e. The topological polar surface area (TPSA) is 43.1 Å². The molecule has 0 saturated carbocycles. The summed E-state index contributed by atoms with van der Waals surface area (Å²) in [5.41, 5.74) is 2.36. The molecule has 0 aromatic carbocycles. The van der Waals surface area contributed by atoms with Gasteiger partial charge in [0.25, 0.3) is 0 Å². The number of carbonyl (C=O) groups is 1. The van der Waals surface area contributed by atoms with Crippen LogP contribution in [-0.4, -0.2) is 10.8 Å². The summed E-state index contributed by atoms with van der Waals surface area (Å²) in [6.07, 6.45) is 0.513. The van der Waals surface area contributed by atoms with Crippen molar-refractivity contribution in [3.05, 3.63) is 29.7 Å². The molecule has 2 rings (SSSR count). The second kappa shape index (κ2) is 4.08. The first kappa shape index (κ1) is 10.9. The number of nitrogens with zero attached hydrogens (tertiary/aromatic N) is 1. The van der Waals surface area contributed by atoms with Gasteiger partial charge in [-0.2, -0.15) is 0 Å². The molecule has 0 aliphatic heterocycles. The summed E-state index contributed by atoms with van der Waals surface area (Å²) in [7, 11) is 0. The number of fused-ring (bicyclic) bond motifs is 1. The van der Waals surface area contributed by atoms with Gasteiger partial charge in [0.2, 0.25) is 0 Å². The van der Waals surface area contributed by atoms with Crippen molar-refractivity contribution in [3.8, 4) is 0 Å².